The van der Waals surface area contributed by atoms with E-state index in [4.69, 9.17) is 16.3 Å². The van der Waals surface area contributed by atoms with E-state index in [1.165, 1.54) is 11.8 Å². The van der Waals surface area contributed by atoms with Gasteiger partial charge in [0, 0.05) is 12.2 Å². The number of rotatable bonds is 10. The van der Waals surface area contributed by atoms with Gasteiger partial charge in [0.1, 0.15) is 5.75 Å². The number of halogens is 1. The molecule has 0 unspecified atom stereocenters. The zero-order chi connectivity index (χ0) is 23.8. The van der Waals surface area contributed by atoms with Crippen LogP contribution in [-0.4, -0.2) is 33.5 Å². The second kappa shape index (κ2) is 11.6. The molecule has 0 radical (unpaired) electrons. The number of amides is 1. The SMILES string of the molecule is COc1ccc(-n2c(CNc3ccccc3Cl)nnc2SCC(=O)NCc2ccccc2)cc1. The Morgan fingerprint density at radius 3 is 2.44 bits per heavy atom. The summed E-state index contributed by atoms with van der Waals surface area (Å²) in [6.45, 7) is 0.891. The Morgan fingerprint density at radius 2 is 1.71 bits per heavy atom. The van der Waals surface area contributed by atoms with Crippen LogP contribution >= 0.6 is 23.4 Å². The topological polar surface area (TPSA) is 81.1 Å². The van der Waals surface area contributed by atoms with Crippen molar-refractivity contribution in [3.63, 3.8) is 0 Å². The lowest BCUT2D eigenvalue weighted by Gasteiger charge is -2.12. The Kier molecular flexibility index (Phi) is 8.06. The highest BCUT2D eigenvalue weighted by molar-refractivity contribution is 7.99. The first-order valence-corrected chi connectivity index (χ1v) is 12.0. The fourth-order valence-corrected chi connectivity index (χ4v) is 4.26. The van der Waals surface area contributed by atoms with Crippen molar-refractivity contribution in [3.8, 4) is 11.4 Å². The van der Waals surface area contributed by atoms with Crippen molar-refractivity contribution in [1.29, 1.82) is 0 Å². The number of methoxy groups -OCH3 is 1. The highest BCUT2D eigenvalue weighted by Crippen LogP contribution is 2.25. The predicted octanol–water partition coefficient (Wildman–Crippen LogP) is 4.95. The first kappa shape index (κ1) is 23.7. The second-order valence-corrected chi connectivity index (χ2v) is 8.67. The molecule has 34 heavy (non-hydrogen) atoms. The third-order valence-electron chi connectivity index (χ3n) is 5.01. The van der Waals surface area contributed by atoms with Gasteiger partial charge < -0.3 is 15.4 Å². The van der Waals surface area contributed by atoms with E-state index in [1.807, 2.05) is 83.4 Å². The quantitative estimate of drug-likeness (QED) is 0.304. The van der Waals surface area contributed by atoms with Crippen LogP contribution in [0.25, 0.3) is 5.69 Å². The van der Waals surface area contributed by atoms with Crippen LogP contribution in [0.1, 0.15) is 11.4 Å². The molecule has 0 saturated heterocycles. The second-order valence-electron chi connectivity index (χ2n) is 7.32. The summed E-state index contributed by atoms with van der Waals surface area (Å²) < 4.78 is 7.21. The first-order valence-electron chi connectivity index (χ1n) is 10.6. The molecule has 9 heteroatoms. The number of aromatic nitrogens is 3. The molecule has 0 bridgehead atoms. The van der Waals surface area contributed by atoms with Crippen LogP contribution in [0.5, 0.6) is 5.75 Å². The monoisotopic (exact) mass is 493 g/mol. The molecule has 3 aromatic carbocycles. The van der Waals surface area contributed by atoms with Gasteiger partial charge in [-0.1, -0.05) is 65.8 Å². The number of para-hydroxylation sites is 1. The van der Waals surface area contributed by atoms with Crippen LogP contribution in [-0.2, 0) is 17.9 Å². The van der Waals surface area contributed by atoms with Crippen LogP contribution < -0.4 is 15.4 Å². The van der Waals surface area contributed by atoms with Gasteiger partial charge in [0.15, 0.2) is 11.0 Å². The number of thioether (sulfide) groups is 1. The van der Waals surface area contributed by atoms with E-state index in [0.717, 1.165) is 22.7 Å². The Balaban J connectivity index is 1.49. The van der Waals surface area contributed by atoms with Crippen LogP contribution in [0.15, 0.2) is 84.0 Å². The van der Waals surface area contributed by atoms with Gasteiger partial charge in [-0.3, -0.25) is 9.36 Å². The minimum atomic E-state index is -0.0751. The molecule has 0 fully saturated rings. The Hall–Kier alpha value is -3.49. The Labute approximate surface area is 207 Å². The summed E-state index contributed by atoms with van der Waals surface area (Å²) in [7, 11) is 1.63. The van der Waals surface area contributed by atoms with Crippen molar-refractivity contribution < 1.29 is 9.53 Å². The number of hydrogen-bond acceptors (Lipinski definition) is 6. The molecule has 1 aromatic heterocycles. The Bertz CT molecular complexity index is 1230. The summed E-state index contributed by atoms with van der Waals surface area (Å²) in [6.07, 6.45) is 0. The zero-order valence-corrected chi connectivity index (χ0v) is 20.1. The van der Waals surface area contributed by atoms with E-state index >= 15 is 0 Å². The van der Waals surface area contributed by atoms with Crippen LogP contribution in [0.3, 0.4) is 0 Å². The lowest BCUT2D eigenvalue weighted by Crippen LogP contribution is -2.24. The molecule has 0 aliphatic carbocycles. The van der Waals surface area contributed by atoms with Crippen molar-refractivity contribution in [2.75, 3.05) is 18.2 Å². The molecule has 174 valence electrons. The van der Waals surface area contributed by atoms with Gasteiger partial charge in [-0.05, 0) is 42.0 Å². The van der Waals surface area contributed by atoms with Crippen LogP contribution in [0.4, 0.5) is 5.69 Å². The number of carbonyl (C=O) groups excluding carboxylic acids is 1. The van der Waals surface area contributed by atoms with Gasteiger partial charge in [0.2, 0.25) is 5.91 Å². The third kappa shape index (κ3) is 6.09. The average Bonchev–Trinajstić information content (AvgIpc) is 3.29. The molecular weight excluding hydrogens is 470 g/mol. The minimum absolute atomic E-state index is 0.0751. The summed E-state index contributed by atoms with van der Waals surface area (Å²) >= 11 is 7.61. The minimum Gasteiger partial charge on any atom is -0.497 e. The number of carbonyl (C=O) groups is 1. The molecule has 2 N–H and O–H groups in total. The molecule has 0 saturated carbocycles. The number of ether oxygens (including phenoxy) is 1. The van der Waals surface area contributed by atoms with Crippen molar-refractivity contribution in [2.24, 2.45) is 0 Å². The molecule has 1 heterocycles. The van der Waals surface area contributed by atoms with Crippen molar-refractivity contribution in [3.05, 3.63) is 95.3 Å². The van der Waals surface area contributed by atoms with Gasteiger partial charge >= 0.3 is 0 Å². The largest absolute Gasteiger partial charge is 0.497 e. The molecule has 7 nitrogen and oxygen atoms in total. The number of hydrogen-bond donors (Lipinski definition) is 2. The average molecular weight is 494 g/mol. The molecule has 4 rings (SSSR count). The van der Waals surface area contributed by atoms with E-state index in [1.54, 1.807) is 7.11 Å². The number of nitrogens with zero attached hydrogens (tertiary/aromatic N) is 3. The van der Waals surface area contributed by atoms with Crippen molar-refractivity contribution >= 4 is 35.0 Å². The van der Waals surface area contributed by atoms with Gasteiger partial charge in [-0.2, -0.15) is 0 Å². The first-order chi connectivity index (χ1) is 16.6. The van der Waals surface area contributed by atoms with Crippen molar-refractivity contribution in [1.82, 2.24) is 20.1 Å². The van der Waals surface area contributed by atoms with Gasteiger partial charge in [0.25, 0.3) is 0 Å². The third-order valence-corrected chi connectivity index (χ3v) is 6.27. The lowest BCUT2D eigenvalue weighted by atomic mass is 10.2. The molecule has 0 atom stereocenters. The molecular formula is C25H24ClN5O2S. The van der Waals surface area contributed by atoms with Gasteiger partial charge in [-0.15, -0.1) is 10.2 Å². The van der Waals surface area contributed by atoms with E-state index in [0.29, 0.717) is 29.1 Å². The summed E-state index contributed by atoms with van der Waals surface area (Å²) in [5.41, 5.74) is 2.73. The van der Waals surface area contributed by atoms with E-state index in [9.17, 15) is 4.79 Å². The zero-order valence-electron chi connectivity index (χ0n) is 18.6. The maximum atomic E-state index is 12.4. The number of benzene rings is 3. The highest BCUT2D eigenvalue weighted by Gasteiger charge is 2.16. The molecule has 1 amide bonds. The maximum absolute atomic E-state index is 12.4. The van der Waals surface area contributed by atoms with Gasteiger partial charge in [0.05, 0.1) is 30.1 Å². The van der Waals surface area contributed by atoms with Crippen LogP contribution in [0, 0.1) is 0 Å². The maximum Gasteiger partial charge on any atom is 0.230 e. The van der Waals surface area contributed by atoms with Crippen molar-refractivity contribution in [2.45, 2.75) is 18.2 Å². The highest BCUT2D eigenvalue weighted by atomic mass is 35.5. The predicted molar refractivity (Wildman–Crippen MR) is 136 cm³/mol. The molecule has 4 aromatic rings. The molecule has 0 spiro atoms. The number of anilines is 1. The fourth-order valence-electron chi connectivity index (χ4n) is 3.26. The van der Waals surface area contributed by atoms with E-state index < -0.39 is 0 Å². The number of nitrogens with one attached hydrogen (secondary N) is 2. The van der Waals surface area contributed by atoms with E-state index in [2.05, 4.69) is 20.8 Å². The van der Waals surface area contributed by atoms with Gasteiger partial charge in [-0.25, -0.2) is 0 Å². The lowest BCUT2D eigenvalue weighted by molar-refractivity contribution is -0.118. The summed E-state index contributed by atoms with van der Waals surface area (Å²) in [6, 6.07) is 24.9. The van der Waals surface area contributed by atoms with Crippen LogP contribution in [0.2, 0.25) is 5.02 Å². The standard InChI is InChI=1S/C25H24ClN5O2S/c1-33-20-13-11-19(12-14-20)31-23(16-27-22-10-6-5-9-21(22)26)29-30-25(31)34-17-24(32)28-15-18-7-3-2-4-8-18/h2-14,27H,15-17H2,1H3,(H,28,32). The summed E-state index contributed by atoms with van der Waals surface area (Å²) in [5.74, 6) is 1.59. The molecule has 0 aliphatic rings. The smallest absolute Gasteiger partial charge is 0.230 e. The summed E-state index contributed by atoms with van der Waals surface area (Å²) in [5, 5.41) is 16.2. The normalized spacial score (nSPS) is 10.6. The fraction of sp³-hybridized carbons (Fsp3) is 0.160. The van der Waals surface area contributed by atoms with E-state index in [-0.39, 0.29) is 11.7 Å². The summed E-state index contributed by atoms with van der Waals surface area (Å²) in [4.78, 5) is 12.4. The molecule has 0 aliphatic heterocycles. The Morgan fingerprint density at radius 1 is 0.971 bits per heavy atom.